The van der Waals surface area contributed by atoms with Gasteiger partial charge in [0.25, 0.3) is 0 Å². The van der Waals surface area contributed by atoms with E-state index in [1.165, 1.54) is 0 Å². The number of unbranched alkanes of at least 4 members (excludes halogenated alkanes) is 1. The van der Waals surface area contributed by atoms with Crippen LogP contribution in [-0.2, 0) is 9.59 Å². The Labute approximate surface area is 135 Å². The average molecular weight is 317 g/mol. The van der Waals surface area contributed by atoms with Crippen molar-refractivity contribution in [3.8, 4) is 0 Å². The fraction of sp³-hybridized carbons (Fsp3) is 0.875. The SMILES string of the molecule is CC(C)(C)NCCCCC(NC(=O)CS)C(=O)C(C)(C)C. The Morgan fingerprint density at radius 3 is 2.05 bits per heavy atom. The predicted octanol–water partition coefficient (Wildman–Crippen LogP) is 2.57. The van der Waals surface area contributed by atoms with Crippen molar-refractivity contribution in [3.63, 3.8) is 0 Å². The van der Waals surface area contributed by atoms with Crippen LogP contribution >= 0.6 is 12.6 Å². The highest BCUT2D eigenvalue weighted by Gasteiger charge is 2.30. The van der Waals surface area contributed by atoms with E-state index in [0.717, 1.165) is 19.4 Å². The van der Waals surface area contributed by atoms with Crippen LogP contribution in [0.1, 0.15) is 60.8 Å². The highest BCUT2D eigenvalue weighted by atomic mass is 32.1. The van der Waals surface area contributed by atoms with Gasteiger partial charge in [-0.2, -0.15) is 12.6 Å². The maximum absolute atomic E-state index is 12.4. The Morgan fingerprint density at radius 2 is 1.62 bits per heavy atom. The maximum Gasteiger partial charge on any atom is 0.230 e. The van der Waals surface area contributed by atoms with Gasteiger partial charge in [0.1, 0.15) is 0 Å². The van der Waals surface area contributed by atoms with Crippen LogP contribution < -0.4 is 10.6 Å². The van der Waals surface area contributed by atoms with Crippen molar-refractivity contribution in [2.75, 3.05) is 12.3 Å². The largest absolute Gasteiger partial charge is 0.346 e. The van der Waals surface area contributed by atoms with Crippen molar-refractivity contribution in [1.29, 1.82) is 0 Å². The summed E-state index contributed by atoms with van der Waals surface area (Å²) < 4.78 is 0. The van der Waals surface area contributed by atoms with Gasteiger partial charge in [-0.3, -0.25) is 9.59 Å². The van der Waals surface area contributed by atoms with Gasteiger partial charge in [-0.05, 0) is 46.6 Å². The average Bonchev–Trinajstić information content (AvgIpc) is 2.33. The molecular formula is C16H32N2O2S. The van der Waals surface area contributed by atoms with Gasteiger partial charge in [-0.25, -0.2) is 0 Å². The van der Waals surface area contributed by atoms with E-state index in [2.05, 4.69) is 44.0 Å². The van der Waals surface area contributed by atoms with E-state index in [1.54, 1.807) is 0 Å². The summed E-state index contributed by atoms with van der Waals surface area (Å²) >= 11 is 3.95. The third-order valence-corrected chi connectivity index (χ3v) is 3.40. The van der Waals surface area contributed by atoms with E-state index in [1.807, 2.05) is 20.8 Å². The number of carbonyl (C=O) groups excluding carboxylic acids is 2. The molecule has 0 spiro atoms. The van der Waals surface area contributed by atoms with Gasteiger partial charge >= 0.3 is 0 Å². The number of Topliss-reactive ketones (excluding diaryl/α,β-unsaturated/α-hetero) is 1. The number of rotatable bonds is 8. The molecule has 0 radical (unpaired) electrons. The van der Waals surface area contributed by atoms with E-state index in [9.17, 15) is 9.59 Å². The molecule has 0 saturated heterocycles. The Balaban J connectivity index is 4.36. The second-order valence-electron chi connectivity index (χ2n) is 7.57. The van der Waals surface area contributed by atoms with Gasteiger partial charge < -0.3 is 10.6 Å². The fourth-order valence-corrected chi connectivity index (χ4v) is 2.06. The highest BCUT2D eigenvalue weighted by molar-refractivity contribution is 7.81. The predicted molar refractivity (Wildman–Crippen MR) is 91.9 cm³/mol. The Kier molecular flexibility index (Phi) is 8.56. The van der Waals surface area contributed by atoms with Crippen LogP contribution in [0.15, 0.2) is 0 Å². The van der Waals surface area contributed by atoms with Crippen LogP contribution in [0.4, 0.5) is 0 Å². The van der Waals surface area contributed by atoms with E-state index in [0.29, 0.717) is 6.42 Å². The van der Waals surface area contributed by atoms with Crippen LogP contribution in [0.3, 0.4) is 0 Å². The van der Waals surface area contributed by atoms with Gasteiger partial charge in [-0.1, -0.05) is 20.8 Å². The Morgan fingerprint density at radius 1 is 1.05 bits per heavy atom. The van der Waals surface area contributed by atoms with Gasteiger partial charge in [-0.15, -0.1) is 0 Å². The molecule has 0 aliphatic rings. The number of amides is 1. The molecule has 0 aromatic heterocycles. The number of thiol groups is 1. The summed E-state index contributed by atoms with van der Waals surface area (Å²) in [7, 11) is 0. The minimum atomic E-state index is -0.446. The van der Waals surface area contributed by atoms with Crippen LogP contribution in [0.2, 0.25) is 0 Å². The van der Waals surface area contributed by atoms with Gasteiger partial charge in [0.15, 0.2) is 5.78 Å². The lowest BCUT2D eigenvalue weighted by molar-refractivity contribution is -0.131. The molecule has 0 heterocycles. The summed E-state index contributed by atoms with van der Waals surface area (Å²) in [6.07, 6.45) is 2.58. The lowest BCUT2D eigenvalue weighted by Gasteiger charge is -2.25. The zero-order valence-corrected chi connectivity index (χ0v) is 15.3. The lowest BCUT2D eigenvalue weighted by atomic mass is 9.84. The number of hydrogen-bond donors (Lipinski definition) is 3. The fourth-order valence-electron chi connectivity index (χ4n) is 1.97. The minimum Gasteiger partial charge on any atom is -0.346 e. The maximum atomic E-state index is 12.4. The molecule has 5 heteroatoms. The standard InChI is InChI=1S/C16H32N2O2S/c1-15(2,3)14(20)12(18-13(19)11-21)9-7-8-10-17-16(4,5)6/h12,17,21H,7-11H2,1-6H3,(H,18,19). The lowest BCUT2D eigenvalue weighted by Crippen LogP contribution is -2.46. The summed E-state index contributed by atoms with van der Waals surface area (Å²) in [6, 6.07) is -0.403. The molecule has 0 aromatic rings. The van der Waals surface area contributed by atoms with Crippen molar-refractivity contribution in [2.45, 2.75) is 72.4 Å². The Hall–Kier alpha value is -0.550. The molecule has 124 valence electrons. The quantitative estimate of drug-likeness (QED) is 0.476. The van der Waals surface area contributed by atoms with Crippen molar-refractivity contribution < 1.29 is 9.59 Å². The molecule has 2 N–H and O–H groups in total. The smallest absolute Gasteiger partial charge is 0.230 e. The molecule has 0 fully saturated rings. The molecule has 0 aromatic carbocycles. The number of carbonyl (C=O) groups is 2. The number of hydrogen-bond acceptors (Lipinski definition) is 4. The molecule has 1 unspecified atom stereocenters. The zero-order valence-electron chi connectivity index (χ0n) is 14.4. The first-order valence-electron chi connectivity index (χ1n) is 7.67. The third-order valence-electron chi connectivity index (χ3n) is 3.11. The minimum absolute atomic E-state index is 0.0846. The van der Waals surface area contributed by atoms with Crippen LogP contribution in [-0.4, -0.2) is 35.6 Å². The first kappa shape index (κ1) is 20.5. The second-order valence-corrected chi connectivity index (χ2v) is 7.88. The topological polar surface area (TPSA) is 58.2 Å². The van der Waals surface area contributed by atoms with Crippen molar-refractivity contribution in [2.24, 2.45) is 5.41 Å². The van der Waals surface area contributed by atoms with E-state index in [-0.39, 0.29) is 23.0 Å². The molecule has 21 heavy (non-hydrogen) atoms. The molecule has 0 bridgehead atoms. The van der Waals surface area contributed by atoms with Crippen LogP contribution in [0.25, 0.3) is 0 Å². The molecule has 0 aliphatic heterocycles. The molecule has 0 aliphatic carbocycles. The van der Waals surface area contributed by atoms with Crippen molar-refractivity contribution >= 4 is 24.3 Å². The molecule has 1 amide bonds. The summed E-state index contributed by atoms with van der Waals surface area (Å²) in [5.74, 6) is 0.00892. The van der Waals surface area contributed by atoms with Gasteiger partial charge in [0, 0.05) is 11.0 Å². The summed E-state index contributed by atoms with van der Waals surface area (Å²) in [5, 5.41) is 6.22. The van der Waals surface area contributed by atoms with Crippen LogP contribution in [0, 0.1) is 5.41 Å². The number of ketones is 1. The first-order valence-corrected chi connectivity index (χ1v) is 8.30. The molecular weight excluding hydrogens is 284 g/mol. The molecule has 1 atom stereocenters. The zero-order chi connectivity index (χ0) is 16.7. The van der Waals surface area contributed by atoms with E-state index in [4.69, 9.17) is 0 Å². The van der Waals surface area contributed by atoms with Crippen molar-refractivity contribution in [3.05, 3.63) is 0 Å². The van der Waals surface area contributed by atoms with Crippen molar-refractivity contribution in [1.82, 2.24) is 10.6 Å². The second kappa shape index (κ2) is 8.79. The third kappa shape index (κ3) is 9.91. The van der Waals surface area contributed by atoms with Gasteiger partial charge in [0.2, 0.25) is 5.91 Å². The Bertz CT molecular complexity index is 343. The van der Waals surface area contributed by atoms with E-state index >= 15 is 0 Å². The van der Waals surface area contributed by atoms with Gasteiger partial charge in [0.05, 0.1) is 11.8 Å². The summed E-state index contributed by atoms with van der Waals surface area (Å²) in [4.78, 5) is 23.9. The molecule has 0 rings (SSSR count). The highest BCUT2D eigenvalue weighted by Crippen LogP contribution is 2.19. The normalized spacial score (nSPS) is 13.9. The first-order chi connectivity index (χ1) is 9.47. The monoisotopic (exact) mass is 316 g/mol. The molecule has 4 nitrogen and oxygen atoms in total. The summed E-state index contributed by atoms with van der Waals surface area (Å²) in [6.45, 7) is 13.0. The molecule has 0 saturated carbocycles. The number of nitrogens with one attached hydrogen (secondary N) is 2. The van der Waals surface area contributed by atoms with Crippen LogP contribution in [0.5, 0.6) is 0 Å². The van der Waals surface area contributed by atoms with E-state index < -0.39 is 11.5 Å². The summed E-state index contributed by atoms with van der Waals surface area (Å²) in [5.41, 5.74) is -0.334.